The summed E-state index contributed by atoms with van der Waals surface area (Å²) in [5.41, 5.74) is 1.90. The van der Waals surface area contributed by atoms with E-state index >= 15 is 0 Å². The van der Waals surface area contributed by atoms with Crippen molar-refractivity contribution in [3.63, 3.8) is 0 Å². The van der Waals surface area contributed by atoms with E-state index in [1.807, 2.05) is 11.8 Å². The van der Waals surface area contributed by atoms with Gasteiger partial charge in [-0.15, -0.1) is 0 Å². The van der Waals surface area contributed by atoms with Crippen LogP contribution in [0.3, 0.4) is 0 Å². The van der Waals surface area contributed by atoms with Crippen molar-refractivity contribution in [3.05, 3.63) is 35.4 Å². The topological polar surface area (TPSA) is 20.2 Å². The Labute approximate surface area is 95.9 Å². The van der Waals surface area contributed by atoms with Crippen molar-refractivity contribution < 1.29 is 5.11 Å². The lowest BCUT2D eigenvalue weighted by Gasteiger charge is -2.21. The Bertz CT molecular complexity index is 312. The Morgan fingerprint density at radius 2 is 2.07 bits per heavy atom. The van der Waals surface area contributed by atoms with E-state index in [2.05, 4.69) is 31.2 Å². The van der Waals surface area contributed by atoms with E-state index in [9.17, 15) is 5.11 Å². The van der Waals surface area contributed by atoms with Crippen molar-refractivity contribution in [2.75, 3.05) is 11.5 Å². The number of rotatable bonds is 3. The summed E-state index contributed by atoms with van der Waals surface area (Å²) < 4.78 is 0. The normalized spacial score (nSPS) is 25.7. The molecule has 82 valence electrons. The number of benzene rings is 1. The molecule has 0 spiro atoms. The number of aliphatic hydroxyl groups is 1. The first-order valence-electron chi connectivity index (χ1n) is 5.64. The number of hydrogen-bond acceptors (Lipinski definition) is 2. The van der Waals surface area contributed by atoms with E-state index in [-0.39, 0.29) is 0 Å². The monoisotopic (exact) mass is 222 g/mol. The van der Waals surface area contributed by atoms with Crippen LogP contribution in [0.4, 0.5) is 0 Å². The molecular formula is C13H18OS. The molecule has 0 saturated carbocycles. The molecule has 1 heterocycles. The smallest absolute Gasteiger partial charge is 0.0994 e. The molecule has 1 unspecified atom stereocenters. The molecule has 1 aliphatic heterocycles. The fourth-order valence-corrected chi connectivity index (χ4v) is 3.33. The van der Waals surface area contributed by atoms with Crippen molar-refractivity contribution in [1.29, 1.82) is 0 Å². The molecule has 1 aromatic carbocycles. The van der Waals surface area contributed by atoms with Gasteiger partial charge in [-0.1, -0.05) is 37.6 Å². The third kappa shape index (κ3) is 2.37. The molecule has 0 bridgehead atoms. The second kappa shape index (κ2) is 4.58. The second-order valence-electron chi connectivity index (χ2n) is 4.28. The van der Waals surface area contributed by atoms with E-state index in [1.165, 1.54) is 12.0 Å². The van der Waals surface area contributed by atoms with Gasteiger partial charge in [0.15, 0.2) is 0 Å². The van der Waals surface area contributed by atoms with Gasteiger partial charge in [0.1, 0.15) is 0 Å². The quantitative estimate of drug-likeness (QED) is 0.848. The highest BCUT2D eigenvalue weighted by Gasteiger charge is 2.33. The molecule has 1 fully saturated rings. The van der Waals surface area contributed by atoms with Crippen molar-refractivity contribution in [2.45, 2.75) is 31.8 Å². The van der Waals surface area contributed by atoms with Crippen molar-refractivity contribution in [3.8, 4) is 0 Å². The van der Waals surface area contributed by atoms with Crippen LogP contribution in [0.25, 0.3) is 0 Å². The standard InChI is InChI=1S/C13H18OS/c1-2-3-11-4-6-12(7-5-11)13(14)8-9-15-10-13/h4-7,14H,2-3,8-10H2,1H3. The Morgan fingerprint density at radius 3 is 2.60 bits per heavy atom. The minimum atomic E-state index is -0.560. The number of aryl methyl sites for hydroxylation is 1. The zero-order valence-electron chi connectivity index (χ0n) is 9.20. The van der Waals surface area contributed by atoms with Crippen molar-refractivity contribution >= 4 is 11.8 Å². The third-order valence-electron chi connectivity index (χ3n) is 3.03. The average molecular weight is 222 g/mol. The first kappa shape index (κ1) is 11.0. The fourth-order valence-electron chi connectivity index (χ4n) is 2.05. The largest absolute Gasteiger partial charge is 0.384 e. The van der Waals surface area contributed by atoms with Gasteiger partial charge in [0.05, 0.1) is 5.60 Å². The Hall–Kier alpha value is -0.470. The molecule has 1 nitrogen and oxygen atoms in total. The summed E-state index contributed by atoms with van der Waals surface area (Å²) in [6.45, 7) is 2.19. The molecular weight excluding hydrogens is 204 g/mol. The summed E-state index contributed by atoms with van der Waals surface area (Å²) in [6, 6.07) is 8.49. The van der Waals surface area contributed by atoms with Gasteiger partial charge in [0.2, 0.25) is 0 Å². The van der Waals surface area contributed by atoms with Crippen LogP contribution in [-0.2, 0) is 12.0 Å². The SMILES string of the molecule is CCCc1ccc(C2(O)CCSC2)cc1. The number of thioether (sulfide) groups is 1. The first-order chi connectivity index (χ1) is 7.24. The zero-order valence-corrected chi connectivity index (χ0v) is 10.0. The van der Waals surface area contributed by atoms with Gasteiger partial charge in [0.25, 0.3) is 0 Å². The van der Waals surface area contributed by atoms with Crippen LogP contribution in [0.2, 0.25) is 0 Å². The van der Waals surface area contributed by atoms with E-state index in [1.54, 1.807) is 0 Å². The van der Waals surface area contributed by atoms with Crippen molar-refractivity contribution in [1.82, 2.24) is 0 Å². The van der Waals surface area contributed by atoms with E-state index in [0.29, 0.717) is 0 Å². The van der Waals surface area contributed by atoms with Crippen LogP contribution in [0.1, 0.15) is 30.9 Å². The van der Waals surface area contributed by atoms with Gasteiger partial charge in [0, 0.05) is 5.75 Å². The maximum Gasteiger partial charge on any atom is 0.0994 e. The molecule has 1 saturated heterocycles. The lowest BCUT2D eigenvalue weighted by molar-refractivity contribution is 0.0657. The van der Waals surface area contributed by atoms with Gasteiger partial charge in [-0.3, -0.25) is 0 Å². The van der Waals surface area contributed by atoms with Gasteiger partial charge >= 0.3 is 0 Å². The van der Waals surface area contributed by atoms with Gasteiger partial charge in [-0.25, -0.2) is 0 Å². The maximum atomic E-state index is 10.4. The number of hydrogen-bond donors (Lipinski definition) is 1. The first-order valence-corrected chi connectivity index (χ1v) is 6.79. The molecule has 1 aromatic rings. The third-order valence-corrected chi connectivity index (χ3v) is 4.21. The molecule has 1 aliphatic rings. The molecule has 2 rings (SSSR count). The Kier molecular flexibility index (Phi) is 3.37. The lowest BCUT2D eigenvalue weighted by atomic mass is 9.92. The Balaban J connectivity index is 2.15. The lowest BCUT2D eigenvalue weighted by Crippen LogP contribution is -2.24. The van der Waals surface area contributed by atoms with E-state index in [4.69, 9.17) is 0 Å². The zero-order chi connectivity index (χ0) is 10.7. The summed E-state index contributed by atoms with van der Waals surface area (Å²) in [4.78, 5) is 0. The molecule has 15 heavy (non-hydrogen) atoms. The summed E-state index contributed by atoms with van der Waals surface area (Å²) in [6.07, 6.45) is 3.21. The molecule has 0 aromatic heterocycles. The summed E-state index contributed by atoms with van der Waals surface area (Å²) in [5, 5.41) is 10.4. The second-order valence-corrected chi connectivity index (χ2v) is 5.39. The van der Waals surface area contributed by atoms with Gasteiger partial charge in [-0.2, -0.15) is 11.8 Å². The maximum absolute atomic E-state index is 10.4. The predicted molar refractivity (Wildman–Crippen MR) is 66.3 cm³/mol. The molecule has 0 amide bonds. The highest BCUT2D eigenvalue weighted by molar-refractivity contribution is 7.99. The Morgan fingerprint density at radius 1 is 1.33 bits per heavy atom. The minimum Gasteiger partial charge on any atom is -0.384 e. The summed E-state index contributed by atoms with van der Waals surface area (Å²) in [7, 11) is 0. The molecule has 1 N–H and O–H groups in total. The van der Waals surface area contributed by atoms with Crippen LogP contribution in [0.5, 0.6) is 0 Å². The molecule has 1 atom stereocenters. The highest BCUT2D eigenvalue weighted by atomic mass is 32.2. The van der Waals surface area contributed by atoms with Crippen LogP contribution >= 0.6 is 11.8 Å². The van der Waals surface area contributed by atoms with Crippen LogP contribution in [0.15, 0.2) is 24.3 Å². The van der Waals surface area contributed by atoms with Crippen LogP contribution in [-0.4, -0.2) is 16.6 Å². The van der Waals surface area contributed by atoms with Crippen LogP contribution in [0, 0.1) is 0 Å². The molecule has 0 aliphatic carbocycles. The van der Waals surface area contributed by atoms with Gasteiger partial charge < -0.3 is 5.11 Å². The summed E-state index contributed by atoms with van der Waals surface area (Å²) >= 11 is 1.84. The van der Waals surface area contributed by atoms with E-state index in [0.717, 1.165) is 29.9 Å². The average Bonchev–Trinajstić information content (AvgIpc) is 2.68. The highest BCUT2D eigenvalue weighted by Crippen LogP contribution is 2.36. The minimum absolute atomic E-state index is 0.560. The molecule has 2 heteroatoms. The van der Waals surface area contributed by atoms with Gasteiger partial charge in [-0.05, 0) is 29.7 Å². The predicted octanol–water partition coefficient (Wildman–Crippen LogP) is 2.96. The molecule has 0 radical (unpaired) electrons. The fraction of sp³-hybridized carbons (Fsp3) is 0.538. The van der Waals surface area contributed by atoms with E-state index < -0.39 is 5.60 Å². The van der Waals surface area contributed by atoms with Crippen LogP contribution < -0.4 is 0 Å². The van der Waals surface area contributed by atoms with Crippen molar-refractivity contribution in [2.24, 2.45) is 0 Å². The summed E-state index contributed by atoms with van der Waals surface area (Å²) in [5.74, 6) is 1.92.